The van der Waals surface area contributed by atoms with Gasteiger partial charge in [-0.15, -0.1) is 0 Å². The van der Waals surface area contributed by atoms with E-state index >= 15 is 0 Å². The number of carbonyl (C=O) groups is 1. The normalized spacial score (nSPS) is 17.5. The SMILES string of the molecule is Cc1nn(C(C)(C)C)c(C)c1C(=O)N[C@@H]1CCCc2ccccc21. The zero-order valence-corrected chi connectivity index (χ0v) is 15.3. The summed E-state index contributed by atoms with van der Waals surface area (Å²) < 4.78 is 1.95. The van der Waals surface area contributed by atoms with Crippen LogP contribution >= 0.6 is 0 Å². The second-order valence-corrected chi connectivity index (χ2v) is 7.75. The number of amides is 1. The van der Waals surface area contributed by atoms with Crippen LogP contribution in [0.15, 0.2) is 24.3 Å². The first-order valence-corrected chi connectivity index (χ1v) is 8.74. The average Bonchev–Trinajstić information content (AvgIpc) is 2.82. The lowest BCUT2D eigenvalue weighted by Crippen LogP contribution is -2.32. The Hall–Kier alpha value is -2.10. The van der Waals surface area contributed by atoms with Crippen molar-refractivity contribution in [2.45, 2.75) is 65.5 Å². The molecule has 24 heavy (non-hydrogen) atoms. The highest BCUT2D eigenvalue weighted by Gasteiger charge is 2.27. The molecule has 1 aliphatic rings. The Balaban J connectivity index is 1.88. The molecule has 2 aromatic rings. The fourth-order valence-corrected chi connectivity index (χ4v) is 3.76. The number of aryl methyl sites for hydroxylation is 2. The van der Waals surface area contributed by atoms with Gasteiger partial charge < -0.3 is 5.32 Å². The van der Waals surface area contributed by atoms with Gasteiger partial charge in [-0.1, -0.05) is 24.3 Å². The number of nitrogens with zero attached hydrogens (tertiary/aromatic N) is 2. The zero-order chi connectivity index (χ0) is 17.5. The quantitative estimate of drug-likeness (QED) is 0.905. The van der Waals surface area contributed by atoms with Crippen molar-refractivity contribution in [2.24, 2.45) is 0 Å². The Morgan fingerprint density at radius 2 is 1.96 bits per heavy atom. The Labute approximate surface area is 144 Å². The van der Waals surface area contributed by atoms with E-state index in [-0.39, 0.29) is 17.5 Å². The van der Waals surface area contributed by atoms with Crippen molar-refractivity contribution in [2.75, 3.05) is 0 Å². The van der Waals surface area contributed by atoms with Crippen LogP contribution in [-0.2, 0) is 12.0 Å². The summed E-state index contributed by atoms with van der Waals surface area (Å²) in [6.45, 7) is 10.2. The van der Waals surface area contributed by atoms with Gasteiger partial charge in [0.25, 0.3) is 5.91 Å². The number of hydrogen-bond donors (Lipinski definition) is 1. The predicted octanol–water partition coefficient (Wildman–Crippen LogP) is 4.06. The first kappa shape index (κ1) is 16.7. The van der Waals surface area contributed by atoms with Crippen LogP contribution < -0.4 is 5.32 Å². The van der Waals surface area contributed by atoms with Gasteiger partial charge >= 0.3 is 0 Å². The zero-order valence-electron chi connectivity index (χ0n) is 15.3. The fraction of sp³-hybridized carbons (Fsp3) is 0.500. The van der Waals surface area contributed by atoms with Gasteiger partial charge in [0.1, 0.15) is 0 Å². The van der Waals surface area contributed by atoms with Crippen LogP contribution in [0, 0.1) is 13.8 Å². The van der Waals surface area contributed by atoms with Crippen LogP contribution in [0.4, 0.5) is 0 Å². The topological polar surface area (TPSA) is 46.9 Å². The Kier molecular flexibility index (Phi) is 4.24. The third kappa shape index (κ3) is 2.97. The third-order valence-electron chi connectivity index (χ3n) is 4.83. The van der Waals surface area contributed by atoms with Gasteiger partial charge in [-0.25, -0.2) is 0 Å². The van der Waals surface area contributed by atoms with Crippen LogP contribution in [0.5, 0.6) is 0 Å². The minimum Gasteiger partial charge on any atom is -0.345 e. The van der Waals surface area contributed by atoms with E-state index < -0.39 is 0 Å². The van der Waals surface area contributed by atoms with Crippen LogP contribution in [-0.4, -0.2) is 15.7 Å². The first-order chi connectivity index (χ1) is 11.3. The predicted molar refractivity (Wildman–Crippen MR) is 96.3 cm³/mol. The second kappa shape index (κ2) is 6.08. The summed E-state index contributed by atoms with van der Waals surface area (Å²) in [7, 11) is 0. The van der Waals surface area contributed by atoms with E-state index in [1.807, 2.05) is 18.5 Å². The molecule has 1 aliphatic carbocycles. The standard InChI is InChI=1S/C20H27N3O/c1-13-18(14(2)23(22-13)20(3,4)5)19(24)21-17-12-8-10-15-9-6-7-11-16(15)17/h6-7,9,11,17H,8,10,12H2,1-5H3,(H,21,24)/t17-/m1/s1. The van der Waals surface area contributed by atoms with Gasteiger partial charge in [0, 0.05) is 5.69 Å². The summed E-state index contributed by atoms with van der Waals surface area (Å²) in [4.78, 5) is 12.9. The lowest BCUT2D eigenvalue weighted by atomic mass is 9.87. The molecule has 3 rings (SSSR count). The number of carbonyl (C=O) groups excluding carboxylic acids is 1. The summed E-state index contributed by atoms with van der Waals surface area (Å²) in [5.41, 5.74) is 4.92. The second-order valence-electron chi connectivity index (χ2n) is 7.75. The molecule has 1 atom stereocenters. The van der Waals surface area contributed by atoms with E-state index in [9.17, 15) is 4.79 Å². The van der Waals surface area contributed by atoms with Crippen LogP contribution in [0.1, 0.15) is 72.5 Å². The van der Waals surface area contributed by atoms with Crippen LogP contribution in [0.2, 0.25) is 0 Å². The summed E-state index contributed by atoms with van der Waals surface area (Å²) in [5.74, 6) is -0.0118. The minimum absolute atomic E-state index is 0.0118. The van der Waals surface area contributed by atoms with Crippen molar-refractivity contribution >= 4 is 5.91 Å². The van der Waals surface area contributed by atoms with E-state index in [2.05, 4.69) is 55.5 Å². The Morgan fingerprint density at radius 1 is 1.25 bits per heavy atom. The Bertz CT molecular complexity index is 768. The van der Waals surface area contributed by atoms with E-state index in [0.717, 1.165) is 30.7 Å². The molecule has 4 heteroatoms. The molecule has 0 spiro atoms. The summed E-state index contributed by atoms with van der Waals surface area (Å²) in [6, 6.07) is 8.53. The molecule has 0 radical (unpaired) electrons. The molecule has 128 valence electrons. The van der Waals surface area contributed by atoms with Crippen molar-refractivity contribution in [3.05, 3.63) is 52.3 Å². The maximum absolute atomic E-state index is 12.9. The molecule has 0 aliphatic heterocycles. The largest absolute Gasteiger partial charge is 0.345 e. The van der Waals surface area contributed by atoms with E-state index in [0.29, 0.717) is 5.56 Å². The van der Waals surface area contributed by atoms with Gasteiger partial charge in [0.05, 0.1) is 22.8 Å². The molecule has 1 amide bonds. The smallest absolute Gasteiger partial charge is 0.255 e. The summed E-state index contributed by atoms with van der Waals surface area (Å²) in [6.07, 6.45) is 3.21. The van der Waals surface area contributed by atoms with Gasteiger partial charge in [0.15, 0.2) is 0 Å². The number of aromatic nitrogens is 2. The highest BCUT2D eigenvalue weighted by molar-refractivity contribution is 5.96. The summed E-state index contributed by atoms with van der Waals surface area (Å²) in [5, 5.41) is 7.84. The number of benzene rings is 1. The van der Waals surface area contributed by atoms with Crippen LogP contribution in [0.25, 0.3) is 0 Å². The minimum atomic E-state index is -0.134. The summed E-state index contributed by atoms with van der Waals surface area (Å²) >= 11 is 0. The molecule has 1 heterocycles. The van der Waals surface area contributed by atoms with Gasteiger partial charge in [0.2, 0.25) is 0 Å². The lowest BCUT2D eigenvalue weighted by Gasteiger charge is -2.26. The molecule has 1 aromatic heterocycles. The molecular weight excluding hydrogens is 298 g/mol. The van der Waals surface area contributed by atoms with E-state index in [4.69, 9.17) is 0 Å². The van der Waals surface area contributed by atoms with Crippen LogP contribution in [0.3, 0.4) is 0 Å². The van der Waals surface area contributed by atoms with Crippen molar-refractivity contribution in [1.82, 2.24) is 15.1 Å². The third-order valence-corrected chi connectivity index (χ3v) is 4.83. The van der Waals surface area contributed by atoms with Crippen molar-refractivity contribution < 1.29 is 4.79 Å². The van der Waals surface area contributed by atoms with Crippen molar-refractivity contribution in [3.8, 4) is 0 Å². The molecular formula is C20H27N3O. The molecule has 0 saturated carbocycles. The lowest BCUT2D eigenvalue weighted by molar-refractivity contribution is 0.0931. The number of nitrogens with one attached hydrogen (secondary N) is 1. The van der Waals surface area contributed by atoms with Gasteiger partial charge in [-0.2, -0.15) is 5.10 Å². The molecule has 4 nitrogen and oxygen atoms in total. The highest BCUT2D eigenvalue weighted by atomic mass is 16.1. The van der Waals surface area contributed by atoms with E-state index in [1.54, 1.807) is 0 Å². The first-order valence-electron chi connectivity index (χ1n) is 8.74. The maximum Gasteiger partial charge on any atom is 0.255 e. The highest BCUT2D eigenvalue weighted by Crippen LogP contribution is 2.30. The van der Waals surface area contributed by atoms with Crippen molar-refractivity contribution in [3.63, 3.8) is 0 Å². The Morgan fingerprint density at radius 3 is 2.62 bits per heavy atom. The molecule has 0 unspecified atom stereocenters. The van der Waals surface area contributed by atoms with Gasteiger partial charge in [-0.05, 0) is 65.0 Å². The number of rotatable bonds is 2. The number of fused-ring (bicyclic) bond motifs is 1. The average molecular weight is 325 g/mol. The molecule has 1 aromatic carbocycles. The van der Waals surface area contributed by atoms with E-state index in [1.165, 1.54) is 11.1 Å². The number of hydrogen-bond acceptors (Lipinski definition) is 2. The molecule has 1 N–H and O–H groups in total. The fourth-order valence-electron chi connectivity index (χ4n) is 3.76. The van der Waals surface area contributed by atoms with Crippen molar-refractivity contribution in [1.29, 1.82) is 0 Å². The maximum atomic E-state index is 12.9. The molecule has 0 fully saturated rings. The van der Waals surface area contributed by atoms with Gasteiger partial charge in [-0.3, -0.25) is 9.48 Å². The monoisotopic (exact) mass is 325 g/mol. The molecule has 0 saturated heterocycles. The molecule has 0 bridgehead atoms.